The molecule has 1 aliphatic carbocycles. The molecule has 0 spiro atoms. The molecule has 0 bridgehead atoms. The predicted octanol–water partition coefficient (Wildman–Crippen LogP) is 3.70. The van der Waals surface area contributed by atoms with Crippen molar-refractivity contribution < 1.29 is 18.7 Å². The smallest absolute Gasteiger partial charge is 0.223 e. The molecule has 0 heterocycles. The van der Waals surface area contributed by atoms with Crippen LogP contribution in [0.2, 0.25) is 0 Å². The van der Waals surface area contributed by atoms with Crippen LogP contribution in [0.25, 0.3) is 0 Å². The molecular formula is C20H21F2NO2. The monoisotopic (exact) mass is 345 g/mol. The molecule has 2 aromatic rings. The molecule has 1 aliphatic rings. The number of amides is 1. The molecule has 3 nitrogen and oxygen atoms in total. The van der Waals surface area contributed by atoms with E-state index in [4.69, 9.17) is 0 Å². The minimum Gasteiger partial charge on any atom is -0.388 e. The number of nitrogens with one attached hydrogen (secondary N) is 1. The number of aliphatic hydroxyl groups excluding tert-OH is 1. The summed E-state index contributed by atoms with van der Waals surface area (Å²) in [4.78, 5) is 12.3. The van der Waals surface area contributed by atoms with Crippen LogP contribution in [0.5, 0.6) is 0 Å². The van der Waals surface area contributed by atoms with Gasteiger partial charge in [0, 0.05) is 23.4 Å². The molecule has 25 heavy (non-hydrogen) atoms. The van der Waals surface area contributed by atoms with Gasteiger partial charge in [0.2, 0.25) is 5.91 Å². The van der Waals surface area contributed by atoms with Crippen molar-refractivity contribution in [1.29, 1.82) is 0 Å². The Morgan fingerprint density at radius 2 is 1.80 bits per heavy atom. The topological polar surface area (TPSA) is 49.3 Å². The van der Waals surface area contributed by atoms with Crippen molar-refractivity contribution in [2.45, 2.75) is 37.8 Å². The molecule has 5 heteroatoms. The second-order valence-corrected chi connectivity index (χ2v) is 6.66. The van der Waals surface area contributed by atoms with Crippen LogP contribution in [0.1, 0.15) is 42.9 Å². The molecule has 2 N–H and O–H groups in total. The molecule has 0 radical (unpaired) electrons. The number of benzene rings is 2. The molecule has 4 unspecified atom stereocenters. The SMILES string of the molecule is CC(CC(O)c1ccccc1)NC(=O)C1CC1c1c(F)cccc1F. The van der Waals surface area contributed by atoms with Crippen LogP contribution in [0.3, 0.4) is 0 Å². The third-order valence-corrected chi connectivity index (χ3v) is 4.65. The van der Waals surface area contributed by atoms with E-state index in [0.29, 0.717) is 12.8 Å². The Balaban J connectivity index is 1.55. The Bertz CT molecular complexity index is 730. The fraction of sp³-hybridized carbons (Fsp3) is 0.350. The predicted molar refractivity (Wildman–Crippen MR) is 90.8 cm³/mol. The average Bonchev–Trinajstić information content (AvgIpc) is 3.36. The number of hydrogen-bond acceptors (Lipinski definition) is 2. The highest BCUT2D eigenvalue weighted by Gasteiger charge is 2.46. The van der Waals surface area contributed by atoms with E-state index in [0.717, 1.165) is 5.56 Å². The lowest BCUT2D eigenvalue weighted by Gasteiger charge is -2.18. The van der Waals surface area contributed by atoms with E-state index in [1.807, 2.05) is 37.3 Å². The fourth-order valence-corrected chi connectivity index (χ4v) is 3.22. The van der Waals surface area contributed by atoms with Crippen LogP contribution in [-0.2, 0) is 4.79 Å². The fourth-order valence-electron chi connectivity index (χ4n) is 3.22. The van der Waals surface area contributed by atoms with E-state index >= 15 is 0 Å². The Morgan fingerprint density at radius 3 is 2.44 bits per heavy atom. The molecule has 0 aliphatic heterocycles. The summed E-state index contributed by atoms with van der Waals surface area (Å²) in [5.74, 6) is -2.25. The molecule has 2 aromatic carbocycles. The summed E-state index contributed by atoms with van der Waals surface area (Å²) in [7, 11) is 0. The first-order valence-electron chi connectivity index (χ1n) is 8.44. The molecule has 3 rings (SSSR count). The molecule has 1 amide bonds. The summed E-state index contributed by atoms with van der Waals surface area (Å²) in [6, 6.07) is 12.7. The van der Waals surface area contributed by atoms with Gasteiger partial charge in [0.15, 0.2) is 0 Å². The lowest BCUT2D eigenvalue weighted by Crippen LogP contribution is -2.35. The van der Waals surface area contributed by atoms with Crippen molar-refractivity contribution in [2.24, 2.45) is 5.92 Å². The third-order valence-electron chi connectivity index (χ3n) is 4.65. The lowest BCUT2D eigenvalue weighted by molar-refractivity contribution is -0.123. The Labute approximate surface area is 145 Å². The largest absolute Gasteiger partial charge is 0.388 e. The third kappa shape index (κ3) is 4.04. The normalized spacial score (nSPS) is 21.4. The van der Waals surface area contributed by atoms with Crippen molar-refractivity contribution in [3.8, 4) is 0 Å². The van der Waals surface area contributed by atoms with Crippen molar-refractivity contribution in [3.63, 3.8) is 0 Å². The Morgan fingerprint density at radius 1 is 1.16 bits per heavy atom. The maximum atomic E-state index is 13.8. The molecule has 1 fully saturated rings. The van der Waals surface area contributed by atoms with Crippen molar-refractivity contribution in [2.75, 3.05) is 0 Å². The van der Waals surface area contributed by atoms with Gasteiger partial charge in [-0.3, -0.25) is 4.79 Å². The number of hydrogen-bond donors (Lipinski definition) is 2. The van der Waals surface area contributed by atoms with Crippen molar-refractivity contribution >= 4 is 5.91 Å². The molecule has 0 aromatic heterocycles. The van der Waals surface area contributed by atoms with Crippen LogP contribution in [-0.4, -0.2) is 17.1 Å². The molecule has 132 valence electrons. The number of carbonyl (C=O) groups is 1. The van der Waals surface area contributed by atoms with E-state index in [1.54, 1.807) is 0 Å². The molecular weight excluding hydrogens is 324 g/mol. The summed E-state index contributed by atoms with van der Waals surface area (Å²) in [6.45, 7) is 1.81. The van der Waals surface area contributed by atoms with Crippen LogP contribution in [0.15, 0.2) is 48.5 Å². The van der Waals surface area contributed by atoms with Gasteiger partial charge < -0.3 is 10.4 Å². The molecule has 4 atom stereocenters. The van der Waals surface area contributed by atoms with Crippen LogP contribution >= 0.6 is 0 Å². The first-order valence-corrected chi connectivity index (χ1v) is 8.44. The van der Waals surface area contributed by atoms with Gasteiger partial charge in [-0.25, -0.2) is 8.78 Å². The quantitative estimate of drug-likeness (QED) is 0.839. The maximum absolute atomic E-state index is 13.8. The molecule has 1 saturated carbocycles. The lowest BCUT2D eigenvalue weighted by atomic mass is 10.0. The van der Waals surface area contributed by atoms with E-state index in [-0.39, 0.29) is 17.5 Å². The summed E-state index contributed by atoms with van der Waals surface area (Å²) in [5.41, 5.74) is 0.793. The van der Waals surface area contributed by atoms with Gasteiger partial charge in [0.1, 0.15) is 11.6 Å². The summed E-state index contributed by atoms with van der Waals surface area (Å²) in [5, 5.41) is 13.0. The number of aliphatic hydroxyl groups is 1. The van der Waals surface area contributed by atoms with Gasteiger partial charge in [0.05, 0.1) is 6.10 Å². The average molecular weight is 345 g/mol. The van der Waals surface area contributed by atoms with Gasteiger partial charge in [-0.15, -0.1) is 0 Å². The maximum Gasteiger partial charge on any atom is 0.223 e. The zero-order valence-electron chi connectivity index (χ0n) is 14.0. The Kier molecular flexibility index (Phi) is 5.13. The zero-order chi connectivity index (χ0) is 18.0. The summed E-state index contributed by atoms with van der Waals surface area (Å²) in [6.07, 6.45) is 0.147. The second kappa shape index (κ2) is 7.31. The standard InChI is InChI=1S/C20H21F2NO2/c1-12(10-18(24)13-6-3-2-4-7-13)23-20(25)15-11-14(15)19-16(21)8-5-9-17(19)22/h2-9,12,14-15,18,24H,10-11H2,1H3,(H,23,25). The van der Waals surface area contributed by atoms with E-state index in [2.05, 4.69) is 5.32 Å². The number of rotatable bonds is 6. The summed E-state index contributed by atoms with van der Waals surface area (Å²) >= 11 is 0. The van der Waals surface area contributed by atoms with E-state index in [9.17, 15) is 18.7 Å². The van der Waals surface area contributed by atoms with Crippen LogP contribution < -0.4 is 5.32 Å². The highest BCUT2D eigenvalue weighted by molar-refractivity contribution is 5.83. The van der Waals surface area contributed by atoms with Gasteiger partial charge in [-0.1, -0.05) is 36.4 Å². The summed E-state index contributed by atoms with van der Waals surface area (Å²) < 4.78 is 27.6. The minimum absolute atomic E-state index is 0.000349. The van der Waals surface area contributed by atoms with Gasteiger partial charge in [-0.2, -0.15) is 0 Å². The van der Waals surface area contributed by atoms with Gasteiger partial charge >= 0.3 is 0 Å². The Hall–Kier alpha value is -2.27. The number of halogens is 2. The van der Waals surface area contributed by atoms with E-state index in [1.165, 1.54) is 18.2 Å². The van der Waals surface area contributed by atoms with Crippen LogP contribution in [0.4, 0.5) is 8.78 Å². The highest BCUT2D eigenvalue weighted by Crippen LogP contribution is 2.49. The first-order chi connectivity index (χ1) is 12.0. The van der Waals surface area contributed by atoms with Crippen LogP contribution in [0, 0.1) is 17.6 Å². The number of carbonyl (C=O) groups excluding carboxylic acids is 1. The van der Waals surface area contributed by atoms with E-state index < -0.39 is 29.6 Å². The van der Waals surface area contributed by atoms with Crippen molar-refractivity contribution in [3.05, 3.63) is 71.3 Å². The highest BCUT2D eigenvalue weighted by atomic mass is 19.1. The van der Waals surface area contributed by atoms with Gasteiger partial charge in [0.25, 0.3) is 0 Å². The first kappa shape index (κ1) is 17.5. The van der Waals surface area contributed by atoms with Crippen molar-refractivity contribution in [1.82, 2.24) is 5.32 Å². The van der Waals surface area contributed by atoms with Gasteiger partial charge in [-0.05, 0) is 37.5 Å². The zero-order valence-corrected chi connectivity index (χ0v) is 14.0. The second-order valence-electron chi connectivity index (χ2n) is 6.66. The minimum atomic E-state index is -0.671. The molecule has 0 saturated heterocycles.